The van der Waals surface area contributed by atoms with Crippen LogP contribution < -0.4 is 5.32 Å². The van der Waals surface area contributed by atoms with Crippen LogP contribution in [0.1, 0.15) is 16.7 Å². The molecular formula is C17H16FN3S2. The van der Waals surface area contributed by atoms with E-state index in [1.807, 2.05) is 12.1 Å². The maximum atomic E-state index is 13.6. The molecule has 2 aromatic carbocycles. The summed E-state index contributed by atoms with van der Waals surface area (Å²) in [6.45, 7) is 4.13. The third-order valence-electron chi connectivity index (χ3n) is 3.34. The minimum atomic E-state index is -0.182. The minimum Gasteiger partial charge on any atom is -0.330 e. The molecule has 0 fully saturated rings. The Kier molecular flexibility index (Phi) is 4.93. The number of rotatable bonds is 5. The van der Waals surface area contributed by atoms with Crippen molar-refractivity contribution < 1.29 is 4.39 Å². The Hall–Kier alpha value is -1.92. The summed E-state index contributed by atoms with van der Waals surface area (Å²) in [5, 5.41) is 12.3. The summed E-state index contributed by atoms with van der Waals surface area (Å²) in [5.74, 6) is 0.364. The number of hydrogen-bond donors (Lipinski definition) is 1. The van der Waals surface area contributed by atoms with Gasteiger partial charge in [-0.2, -0.15) is 0 Å². The third-order valence-corrected chi connectivity index (χ3v) is 5.36. The van der Waals surface area contributed by atoms with Gasteiger partial charge >= 0.3 is 0 Å². The zero-order valence-corrected chi connectivity index (χ0v) is 14.5. The first-order chi connectivity index (χ1) is 11.1. The maximum absolute atomic E-state index is 13.6. The van der Waals surface area contributed by atoms with E-state index in [0.29, 0.717) is 11.3 Å². The van der Waals surface area contributed by atoms with Crippen LogP contribution in [0.4, 0.5) is 15.2 Å². The first kappa shape index (κ1) is 16.0. The maximum Gasteiger partial charge on any atom is 0.210 e. The number of aromatic nitrogens is 2. The topological polar surface area (TPSA) is 37.8 Å². The van der Waals surface area contributed by atoms with Gasteiger partial charge in [-0.1, -0.05) is 59.0 Å². The number of thioether (sulfide) groups is 1. The van der Waals surface area contributed by atoms with Gasteiger partial charge in [0.15, 0.2) is 4.34 Å². The summed E-state index contributed by atoms with van der Waals surface area (Å²) < 4.78 is 14.4. The van der Waals surface area contributed by atoms with Crippen LogP contribution in [-0.4, -0.2) is 10.2 Å². The first-order valence-electron chi connectivity index (χ1n) is 7.16. The molecule has 6 heteroatoms. The van der Waals surface area contributed by atoms with Crippen LogP contribution in [-0.2, 0) is 5.75 Å². The second kappa shape index (κ2) is 7.10. The average Bonchev–Trinajstić information content (AvgIpc) is 2.97. The van der Waals surface area contributed by atoms with Crippen LogP contribution in [0.5, 0.6) is 0 Å². The summed E-state index contributed by atoms with van der Waals surface area (Å²) in [6, 6.07) is 13.0. The summed E-state index contributed by atoms with van der Waals surface area (Å²) >= 11 is 2.96. The predicted octanol–water partition coefficient (Wildman–Crippen LogP) is 5.33. The number of anilines is 2. The van der Waals surface area contributed by atoms with Crippen LogP contribution in [0.25, 0.3) is 0 Å². The van der Waals surface area contributed by atoms with E-state index in [4.69, 9.17) is 0 Å². The highest BCUT2D eigenvalue weighted by Gasteiger charge is 2.08. The van der Waals surface area contributed by atoms with Crippen molar-refractivity contribution in [3.05, 3.63) is 65.0 Å². The van der Waals surface area contributed by atoms with Gasteiger partial charge in [0, 0.05) is 11.4 Å². The highest BCUT2D eigenvalue weighted by Crippen LogP contribution is 2.31. The predicted molar refractivity (Wildman–Crippen MR) is 95.1 cm³/mol. The number of hydrogen-bond acceptors (Lipinski definition) is 5. The van der Waals surface area contributed by atoms with Crippen molar-refractivity contribution in [3.8, 4) is 0 Å². The Balaban J connectivity index is 1.65. The van der Waals surface area contributed by atoms with E-state index in [1.54, 1.807) is 12.1 Å². The molecule has 1 heterocycles. The first-order valence-corrected chi connectivity index (χ1v) is 8.96. The summed E-state index contributed by atoms with van der Waals surface area (Å²) in [6.07, 6.45) is 0. The molecule has 0 amide bonds. The van der Waals surface area contributed by atoms with Crippen molar-refractivity contribution in [1.82, 2.24) is 10.2 Å². The number of halogens is 1. The molecular weight excluding hydrogens is 329 g/mol. The molecule has 0 saturated carbocycles. The van der Waals surface area contributed by atoms with Gasteiger partial charge in [-0.05, 0) is 37.1 Å². The van der Waals surface area contributed by atoms with Crippen LogP contribution >= 0.6 is 23.1 Å². The summed E-state index contributed by atoms with van der Waals surface area (Å²) in [5.41, 5.74) is 4.10. The molecule has 0 saturated heterocycles. The van der Waals surface area contributed by atoms with E-state index in [0.717, 1.165) is 15.2 Å². The molecule has 118 valence electrons. The van der Waals surface area contributed by atoms with E-state index in [2.05, 4.69) is 41.5 Å². The van der Waals surface area contributed by atoms with Crippen molar-refractivity contribution >= 4 is 33.9 Å². The molecule has 0 bridgehead atoms. The normalized spacial score (nSPS) is 10.7. The number of aryl methyl sites for hydroxylation is 2. The monoisotopic (exact) mass is 345 g/mol. The molecule has 23 heavy (non-hydrogen) atoms. The molecule has 3 aromatic rings. The van der Waals surface area contributed by atoms with E-state index in [1.165, 1.54) is 40.3 Å². The highest BCUT2D eigenvalue weighted by atomic mass is 32.2. The zero-order valence-electron chi connectivity index (χ0n) is 12.8. The Labute approximate surface area is 143 Å². The molecule has 0 atom stereocenters. The van der Waals surface area contributed by atoms with Gasteiger partial charge in [0.05, 0.1) is 0 Å². The fourth-order valence-electron chi connectivity index (χ4n) is 2.14. The fraction of sp³-hybridized carbons (Fsp3) is 0.176. The van der Waals surface area contributed by atoms with Gasteiger partial charge in [0.2, 0.25) is 5.13 Å². The van der Waals surface area contributed by atoms with Crippen LogP contribution in [0.15, 0.2) is 46.8 Å². The van der Waals surface area contributed by atoms with Crippen molar-refractivity contribution in [2.45, 2.75) is 23.9 Å². The van der Waals surface area contributed by atoms with E-state index >= 15 is 0 Å². The lowest BCUT2D eigenvalue weighted by Gasteiger charge is -2.06. The summed E-state index contributed by atoms with van der Waals surface area (Å²) in [4.78, 5) is 0. The highest BCUT2D eigenvalue weighted by molar-refractivity contribution is 8.00. The van der Waals surface area contributed by atoms with Gasteiger partial charge in [0.1, 0.15) is 5.82 Å². The second-order valence-electron chi connectivity index (χ2n) is 5.20. The number of nitrogens with zero attached hydrogens (tertiary/aromatic N) is 2. The van der Waals surface area contributed by atoms with Crippen molar-refractivity contribution in [1.29, 1.82) is 0 Å². The van der Waals surface area contributed by atoms with E-state index < -0.39 is 0 Å². The lowest BCUT2D eigenvalue weighted by Crippen LogP contribution is -1.92. The van der Waals surface area contributed by atoms with Crippen LogP contribution in [0, 0.1) is 19.7 Å². The molecule has 1 aromatic heterocycles. The number of benzene rings is 2. The van der Waals surface area contributed by atoms with E-state index in [-0.39, 0.29) is 5.82 Å². The van der Waals surface area contributed by atoms with Gasteiger partial charge in [-0.3, -0.25) is 0 Å². The lowest BCUT2D eigenvalue weighted by atomic mass is 10.1. The molecule has 3 rings (SSSR count). The Morgan fingerprint density at radius 3 is 2.74 bits per heavy atom. The molecule has 0 spiro atoms. The largest absolute Gasteiger partial charge is 0.330 e. The Morgan fingerprint density at radius 1 is 1.13 bits per heavy atom. The molecule has 0 unspecified atom stereocenters. The van der Waals surface area contributed by atoms with E-state index in [9.17, 15) is 4.39 Å². The molecule has 0 aliphatic heterocycles. The lowest BCUT2D eigenvalue weighted by molar-refractivity contribution is 0.617. The van der Waals surface area contributed by atoms with Gasteiger partial charge < -0.3 is 5.32 Å². The third kappa shape index (κ3) is 4.09. The average molecular weight is 345 g/mol. The standard InChI is InChI=1S/C17H16FN3S2/c1-11-7-8-15(12(2)9-11)19-16-20-21-17(23-16)22-10-13-5-3-4-6-14(13)18/h3-9H,10H2,1-2H3,(H,19,20). The van der Waals surface area contributed by atoms with Crippen molar-refractivity contribution in [3.63, 3.8) is 0 Å². The summed E-state index contributed by atoms with van der Waals surface area (Å²) in [7, 11) is 0. The Bertz CT molecular complexity index is 817. The second-order valence-corrected chi connectivity index (χ2v) is 7.40. The minimum absolute atomic E-state index is 0.182. The molecule has 0 aliphatic rings. The van der Waals surface area contributed by atoms with Gasteiger partial charge in [-0.15, -0.1) is 10.2 Å². The molecule has 3 nitrogen and oxygen atoms in total. The number of nitrogens with one attached hydrogen (secondary N) is 1. The molecule has 1 N–H and O–H groups in total. The molecule has 0 radical (unpaired) electrons. The Morgan fingerprint density at radius 2 is 1.96 bits per heavy atom. The smallest absolute Gasteiger partial charge is 0.210 e. The van der Waals surface area contributed by atoms with Crippen molar-refractivity contribution in [2.75, 3.05) is 5.32 Å². The quantitative estimate of drug-likeness (QED) is 0.634. The fourth-order valence-corrected chi connectivity index (χ4v) is 3.89. The zero-order chi connectivity index (χ0) is 16.2. The molecule has 0 aliphatic carbocycles. The van der Waals surface area contributed by atoms with Gasteiger partial charge in [0.25, 0.3) is 0 Å². The van der Waals surface area contributed by atoms with Crippen LogP contribution in [0.2, 0.25) is 0 Å². The van der Waals surface area contributed by atoms with Crippen molar-refractivity contribution in [2.24, 2.45) is 0 Å². The SMILES string of the molecule is Cc1ccc(Nc2nnc(SCc3ccccc3F)s2)c(C)c1. The van der Waals surface area contributed by atoms with Gasteiger partial charge in [-0.25, -0.2) is 4.39 Å². The van der Waals surface area contributed by atoms with Crippen LogP contribution in [0.3, 0.4) is 0 Å².